The van der Waals surface area contributed by atoms with E-state index in [2.05, 4.69) is 11.8 Å². The van der Waals surface area contributed by atoms with Crippen LogP contribution < -0.4 is 14.2 Å². The lowest BCUT2D eigenvalue weighted by molar-refractivity contribution is 0.101. The molecule has 6 nitrogen and oxygen atoms in total. The minimum absolute atomic E-state index is 0.155. The summed E-state index contributed by atoms with van der Waals surface area (Å²) in [5, 5.41) is 10.5. The quantitative estimate of drug-likeness (QED) is 0.739. The molecular formula is C24H27NO5. The molecule has 0 unspecified atom stereocenters. The average Bonchev–Trinajstić information content (AvgIpc) is 3.07. The molecule has 158 valence electrons. The highest BCUT2D eigenvalue weighted by Gasteiger charge is 2.32. The van der Waals surface area contributed by atoms with E-state index in [1.165, 1.54) is 6.42 Å². The molecule has 2 aliphatic rings. The number of carbonyl (C=O) groups is 1. The van der Waals surface area contributed by atoms with E-state index >= 15 is 0 Å². The number of nitrogens with zero attached hydrogens (tertiary/aromatic N) is 1. The predicted molar refractivity (Wildman–Crippen MR) is 114 cm³/mol. The highest BCUT2D eigenvalue weighted by molar-refractivity contribution is 6.15. The van der Waals surface area contributed by atoms with Gasteiger partial charge in [0.1, 0.15) is 23.0 Å². The van der Waals surface area contributed by atoms with Crippen LogP contribution in [0.5, 0.6) is 23.0 Å². The summed E-state index contributed by atoms with van der Waals surface area (Å²) in [4.78, 5) is 15.3. The summed E-state index contributed by atoms with van der Waals surface area (Å²) in [5.74, 6) is 1.88. The summed E-state index contributed by atoms with van der Waals surface area (Å²) in [7, 11) is 3.16. The van der Waals surface area contributed by atoms with Gasteiger partial charge in [-0.1, -0.05) is 6.42 Å². The Kier molecular flexibility index (Phi) is 5.68. The lowest BCUT2D eigenvalue weighted by atomic mass is 10.0. The SMILES string of the molecule is COc1ccc(C=C2Oc3c(ccc(O)c3CN3CCCC[C@H]3C)C2=O)c(OC)c1. The molecule has 30 heavy (non-hydrogen) atoms. The third-order valence-electron chi connectivity index (χ3n) is 5.95. The summed E-state index contributed by atoms with van der Waals surface area (Å²) >= 11 is 0. The Bertz CT molecular complexity index is 997. The van der Waals surface area contributed by atoms with Crippen LogP contribution >= 0.6 is 0 Å². The van der Waals surface area contributed by atoms with E-state index in [0.717, 1.165) is 19.4 Å². The number of hydrogen-bond donors (Lipinski definition) is 1. The molecule has 0 aliphatic carbocycles. The second-order valence-corrected chi connectivity index (χ2v) is 7.80. The first-order valence-corrected chi connectivity index (χ1v) is 10.3. The minimum Gasteiger partial charge on any atom is -0.507 e. The van der Waals surface area contributed by atoms with Crippen LogP contribution in [0.2, 0.25) is 0 Å². The van der Waals surface area contributed by atoms with E-state index in [-0.39, 0.29) is 17.3 Å². The molecule has 1 N–H and O–H groups in total. The number of Topliss-reactive ketones (excluding diaryl/α,β-unsaturated/α-hetero) is 1. The summed E-state index contributed by atoms with van der Waals surface area (Å²) < 4.78 is 16.7. The van der Waals surface area contributed by atoms with Gasteiger partial charge in [-0.25, -0.2) is 0 Å². The van der Waals surface area contributed by atoms with E-state index in [0.29, 0.717) is 46.5 Å². The molecule has 6 heteroatoms. The molecule has 0 amide bonds. The molecule has 1 saturated heterocycles. The van der Waals surface area contributed by atoms with Gasteiger partial charge in [-0.2, -0.15) is 0 Å². The van der Waals surface area contributed by atoms with Crippen molar-refractivity contribution in [3.8, 4) is 23.0 Å². The lowest BCUT2D eigenvalue weighted by Crippen LogP contribution is -2.36. The molecule has 2 aliphatic heterocycles. The zero-order valence-corrected chi connectivity index (χ0v) is 17.6. The second kappa shape index (κ2) is 8.40. The maximum Gasteiger partial charge on any atom is 0.231 e. The largest absolute Gasteiger partial charge is 0.507 e. The summed E-state index contributed by atoms with van der Waals surface area (Å²) in [6.07, 6.45) is 5.17. The third-order valence-corrected chi connectivity index (χ3v) is 5.95. The van der Waals surface area contributed by atoms with Gasteiger partial charge in [0.2, 0.25) is 5.78 Å². The van der Waals surface area contributed by atoms with Gasteiger partial charge in [-0.05, 0) is 56.7 Å². The number of phenols is 1. The number of ether oxygens (including phenoxy) is 3. The fourth-order valence-corrected chi connectivity index (χ4v) is 4.12. The van der Waals surface area contributed by atoms with E-state index in [1.54, 1.807) is 44.6 Å². The smallest absolute Gasteiger partial charge is 0.231 e. The molecule has 2 aromatic rings. The van der Waals surface area contributed by atoms with Crippen molar-refractivity contribution in [1.29, 1.82) is 0 Å². The first kappa shape index (κ1) is 20.3. The van der Waals surface area contributed by atoms with Crippen molar-refractivity contribution in [3.63, 3.8) is 0 Å². The van der Waals surface area contributed by atoms with Crippen molar-refractivity contribution in [2.24, 2.45) is 0 Å². The fraction of sp³-hybridized carbons (Fsp3) is 0.375. The molecular weight excluding hydrogens is 382 g/mol. The van der Waals surface area contributed by atoms with Gasteiger partial charge in [0.25, 0.3) is 0 Å². The second-order valence-electron chi connectivity index (χ2n) is 7.80. The number of aromatic hydroxyl groups is 1. The molecule has 0 aromatic heterocycles. The van der Waals surface area contributed by atoms with Gasteiger partial charge < -0.3 is 19.3 Å². The lowest BCUT2D eigenvalue weighted by Gasteiger charge is -2.33. The van der Waals surface area contributed by atoms with Gasteiger partial charge in [-0.15, -0.1) is 0 Å². The Morgan fingerprint density at radius 2 is 2.03 bits per heavy atom. The maximum atomic E-state index is 13.0. The number of fused-ring (bicyclic) bond motifs is 1. The molecule has 0 spiro atoms. The summed E-state index contributed by atoms with van der Waals surface area (Å²) in [5.41, 5.74) is 1.86. The van der Waals surface area contributed by atoms with Crippen molar-refractivity contribution in [3.05, 3.63) is 52.8 Å². The third kappa shape index (κ3) is 3.75. The zero-order chi connectivity index (χ0) is 21.3. The number of piperidine rings is 1. The van der Waals surface area contributed by atoms with Crippen molar-refractivity contribution in [2.45, 2.75) is 38.8 Å². The van der Waals surface area contributed by atoms with Gasteiger partial charge in [0.15, 0.2) is 5.76 Å². The molecule has 4 rings (SSSR count). The van der Waals surface area contributed by atoms with Crippen LogP contribution in [-0.2, 0) is 6.54 Å². The number of likely N-dealkylation sites (tertiary alicyclic amines) is 1. The van der Waals surface area contributed by atoms with Crippen molar-refractivity contribution in [2.75, 3.05) is 20.8 Å². The van der Waals surface area contributed by atoms with Crippen molar-refractivity contribution >= 4 is 11.9 Å². The van der Waals surface area contributed by atoms with Crippen molar-refractivity contribution < 1.29 is 24.1 Å². The Morgan fingerprint density at radius 1 is 1.20 bits per heavy atom. The Balaban J connectivity index is 1.67. The number of benzene rings is 2. The molecule has 0 radical (unpaired) electrons. The first-order valence-electron chi connectivity index (χ1n) is 10.3. The topological polar surface area (TPSA) is 68.2 Å². The van der Waals surface area contributed by atoms with Gasteiger partial charge >= 0.3 is 0 Å². The number of hydrogen-bond acceptors (Lipinski definition) is 6. The van der Waals surface area contributed by atoms with Crippen LogP contribution in [0.4, 0.5) is 0 Å². The van der Waals surface area contributed by atoms with Crippen LogP contribution in [0.3, 0.4) is 0 Å². The molecule has 2 aromatic carbocycles. The summed E-state index contributed by atoms with van der Waals surface area (Å²) in [6, 6.07) is 9.02. The first-order chi connectivity index (χ1) is 14.5. The van der Waals surface area contributed by atoms with Crippen LogP contribution in [0.15, 0.2) is 36.1 Å². The number of methoxy groups -OCH3 is 2. The molecule has 2 heterocycles. The van der Waals surface area contributed by atoms with Crippen LogP contribution in [0.1, 0.15) is 47.7 Å². The Morgan fingerprint density at radius 3 is 2.77 bits per heavy atom. The fourth-order valence-electron chi connectivity index (χ4n) is 4.12. The Hall–Kier alpha value is -2.99. The van der Waals surface area contributed by atoms with Gasteiger partial charge in [0, 0.05) is 24.2 Å². The number of phenolic OH excluding ortho intramolecular Hbond substituents is 1. The normalized spacial score (nSPS) is 20.2. The van der Waals surface area contributed by atoms with Crippen LogP contribution in [0.25, 0.3) is 6.08 Å². The van der Waals surface area contributed by atoms with Gasteiger partial charge in [0.05, 0.1) is 25.3 Å². The van der Waals surface area contributed by atoms with E-state index in [9.17, 15) is 9.90 Å². The number of rotatable bonds is 5. The monoisotopic (exact) mass is 409 g/mol. The van der Waals surface area contributed by atoms with E-state index < -0.39 is 0 Å². The van der Waals surface area contributed by atoms with E-state index in [1.807, 2.05) is 6.07 Å². The van der Waals surface area contributed by atoms with E-state index in [4.69, 9.17) is 14.2 Å². The highest BCUT2D eigenvalue weighted by Crippen LogP contribution is 2.41. The number of ketones is 1. The van der Waals surface area contributed by atoms with Crippen LogP contribution in [0, 0.1) is 0 Å². The number of allylic oxidation sites excluding steroid dienone is 1. The summed E-state index contributed by atoms with van der Waals surface area (Å²) in [6.45, 7) is 3.74. The highest BCUT2D eigenvalue weighted by atomic mass is 16.5. The molecule has 0 bridgehead atoms. The molecule has 0 saturated carbocycles. The standard InChI is InChI=1S/C24H27NO5/c1-15-6-4-5-11-25(15)14-19-20(26)10-9-18-23(27)22(30-24(18)19)12-16-7-8-17(28-2)13-21(16)29-3/h7-10,12-13,15,26H,4-6,11,14H2,1-3H3/t15-/m1/s1. The minimum atomic E-state index is -0.198. The Labute approximate surface area is 176 Å². The molecule has 1 fully saturated rings. The average molecular weight is 409 g/mol. The zero-order valence-electron chi connectivity index (χ0n) is 17.6. The number of carbonyl (C=O) groups excluding carboxylic acids is 1. The van der Waals surface area contributed by atoms with Crippen LogP contribution in [-0.4, -0.2) is 42.6 Å². The molecule has 1 atom stereocenters. The maximum absolute atomic E-state index is 13.0. The van der Waals surface area contributed by atoms with Crippen molar-refractivity contribution in [1.82, 2.24) is 4.90 Å². The van der Waals surface area contributed by atoms with Gasteiger partial charge in [-0.3, -0.25) is 9.69 Å². The predicted octanol–water partition coefficient (Wildman–Crippen LogP) is 4.40.